The van der Waals surface area contributed by atoms with Gasteiger partial charge in [0.05, 0.1) is 0 Å². The van der Waals surface area contributed by atoms with Gasteiger partial charge in [-0.3, -0.25) is 9.79 Å². The zero-order valence-electron chi connectivity index (χ0n) is 9.14. The molecule has 0 saturated carbocycles. The predicted octanol–water partition coefficient (Wildman–Crippen LogP) is 0.635. The fraction of sp³-hybridized carbons (Fsp3) is 0.778. The lowest BCUT2D eigenvalue weighted by molar-refractivity contribution is -0.138. The number of thioether (sulfide) groups is 1. The molecule has 0 saturated heterocycles. The Labute approximate surface area is 94.3 Å². The molecule has 15 heavy (non-hydrogen) atoms. The van der Waals surface area contributed by atoms with Gasteiger partial charge in [0.25, 0.3) is 0 Å². The van der Waals surface area contributed by atoms with E-state index in [2.05, 4.69) is 4.99 Å². The number of aliphatic carboxylic acids is 1. The second-order valence-corrected chi connectivity index (χ2v) is 5.07. The van der Waals surface area contributed by atoms with Gasteiger partial charge in [0.15, 0.2) is 5.17 Å². The topological polar surface area (TPSA) is 102 Å². The summed E-state index contributed by atoms with van der Waals surface area (Å²) in [6, 6.07) is -0.792. The average molecular weight is 233 g/mol. The summed E-state index contributed by atoms with van der Waals surface area (Å²) in [5, 5.41) is 9.48. The lowest BCUT2D eigenvalue weighted by Crippen LogP contribution is -2.30. The number of amidine groups is 1. The molecule has 0 unspecified atom stereocenters. The van der Waals surface area contributed by atoms with Crippen molar-refractivity contribution in [3.8, 4) is 0 Å². The molecular formula is C9H19N3O2S. The van der Waals surface area contributed by atoms with Crippen LogP contribution in [-0.2, 0) is 4.79 Å². The number of hydrogen-bond donors (Lipinski definition) is 3. The maximum atomic E-state index is 10.4. The van der Waals surface area contributed by atoms with Gasteiger partial charge in [-0.2, -0.15) is 0 Å². The lowest BCUT2D eigenvalue weighted by Gasteiger charge is -2.05. The first kappa shape index (κ1) is 14.2. The molecule has 1 atom stereocenters. The van der Waals surface area contributed by atoms with E-state index in [1.165, 1.54) is 11.8 Å². The largest absolute Gasteiger partial charge is 0.480 e. The highest BCUT2D eigenvalue weighted by Crippen LogP contribution is 2.08. The molecule has 0 rings (SSSR count). The van der Waals surface area contributed by atoms with Crippen LogP contribution in [-0.4, -0.2) is 34.1 Å². The van der Waals surface area contributed by atoms with Crippen molar-refractivity contribution in [1.82, 2.24) is 0 Å². The Balaban J connectivity index is 3.65. The molecule has 6 heteroatoms. The van der Waals surface area contributed by atoms with Crippen LogP contribution in [0.1, 0.15) is 26.7 Å². The molecule has 0 radical (unpaired) electrons. The summed E-state index contributed by atoms with van der Waals surface area (Å²) >= 11 is 1.50. The van der Waals surface area contributed by atoms with Crippen LogP contribution in [0, 0.1) is 0 Å². The van der Waals surface area contributed by atoms with Crippen LogP contribution in [0.2, 0.25) is 0 Å². The average Bonchev–Trinajstić information content (AvgIpc) is 2.10. The van der Waals surface area contributed by atoms with Crippen molar-refractivity contribution in [2.24, 2.45) is 16.5 Å². The molecule has 5 nitrogen and oxygen atoms in total. The van der Waals surface area contributed by atoms with Crippen molar-refractivity contribution in [2.75, 3.05) is 6.54 Å². The molecule has 0 aliphatic carbocycles. The third-order valence-electron chi connectivity index (χ3n) is 1.61. The Hall–Kier alpha value is -0.750. The number of aliphatic imine (C=N–C) groups is 1. The maximum Gasteiger partial charge on any atom is 0.320 e. The summed E-state index contributed by atoms with van der Waals surface area (Å²) < 4.78 is 0. The molecule has 0 bridgehead atoms. The van der Waals surface area contributed by atoms with Gasteiger partial charge in [-0.1, -0.05) is 25.6 Å². The Morgan fingerprint density at radius 2 is 2.13 bits per heavy atom. The third-order valence-corrected chi connectivity index (χ3v) is 2.46. The van der Waals surface area contributed by atoms with Crippen molar-refractivity contribution in [2.45, 2.75) is 38.0 Å². The first-order chi connectivity index (χ1) is 6.93. The standard InChI is InChI=1S/C9H19N3O2S/c1-6(2)15-9(11)12-5-3-4-7(10)8(13)14/h6-7H,3-5,10H2,1-2H3,(H2,11,12)(H,13,14)/t7-/m0/s1. The molecule has 0 aliphatic rings. The number of hydrogen-bond acceptors (Lipinski definition) is 4. The first-order valence-corrected chi connectivity index (χ1v) is 5.76. The van der Waals surface area contributed by atoms with E-state index in [-0.39, 0.29) is 0 Å². The number of nitrogens with two attached hydrogens (primary N) is 2. The second-order valence-electron chi connectivity index (χ2n) is 3.47. The van der Waals surface area contributed by atoms with E-state index in [0.29, 0.717) is 29.8 Å². The van der Waals surface area contributed by atoms with Gasteiger partial charge >= 0.3 is 5.97 Å². The van der Waals surface area contributed by atoms with Gasteiger partial charge in [-0.15, -0.1) is 0 Å². The molecule has 0 fully saturated rings. The van der Waals surface area contributed by atoms with Crippen molar-refractivity contribution in [3.63, 3.8) is 0 Å². The maximum absolute atomic E-state index is 10.4. The highest BCUT2D eigenvalue weighted by atomic mass is 32.2. The highest BCUT2D eigenvalue weighted by Gasteiger charge is 2.09. The zero-order chi connectivity index (χ0) is 11.8. The Kier molecular flexibility index (Phi) is 7.15. The predicted molar refractivity (Wildman–Crippen MR) is 64.1 cm³/mol. The Bertz CT molecular complexity index is 231. The molecule has 0 heterocycles. The normalized spacial score (nSPS) is 14.3. The molecule has 0 aliphatic heterocycles. The van der Waals surface area contributed by atoms with Crippen LogP contribution in [0.4, 0.5) is 0 Å². The zero-order valence-corrected chi connectivity index (χ0v) is 9.96. The number of carboxylic acid groups (broad SMARTS) is 1. The Morgan fingerprint density at radius 1 is 1.53 bits per heavy atom. The van der Waals surface area contributed by atoms with E-state index in [4.69, 9.17) is 16.6 Å². The minimum absolute atomic E-state index is 0.412. The summed E-state index contributed by atoms with van der Waals surface area (Å²) in [6.07, 6.45) is 1.07. The van der Waals surface area contributed by atoms with Gasteiger partial charge in [-0.25, -0.2) is 0 Å². The fourth-order valence-electron chi connectivity index (χ4n) is 0.903. The summed E-state index contributed by atoms with van der Waals surface area (Å²) in [5.41, 5.74) is 10.9. The highest BCUT2D eigenvalue weighted by molar-refractivity contribution is 8.14. The van der Waals surface area contributed by atoms with E-state index in [0.717, 1.165) is 0 Å². The summed E-state index contributed by atoms with van der Waals surface area (Å²) in [5.74, 6) is -0.969. The number of carboxylic acids is 1. The lowest BCUT2D eigenvalue weighted by atomic mass is 10.2. The summed E-state index contributed by atoms with van der Waals surface area (Å²) in [4.78, 5) is 14.5. The molecule has 5 N–H and O–H groups in total. The monoisotopic (exact) mass is 233 g/mol. The van der Waals surface area contributed by atoms with E-state index < -0.39 is 12.0 Å². The number of rotatable bonds is 6. The van der Waals surface area contributed by atoms with E-state index in [1.807, 2.05) is 13.8 Å². The van der Waals surface area contributed by atoms with Crippen molar-refractivity contribution in [3.05, 3.63) is 0 Å². The number of carbonyl (C=O) groups is 1. The van der Waals surface area contributed by atoms with Crippen LogP contribution >= 0.6 is 11.8 Å². The third kappa shape index (κ3) is 8.26. The van der Waals surface area contributed by atoms with Crippen molar-refractivity contribution in [1.29, 1.82) is 0 Å². The Morgan fingerprint density at radius 3 is 2.60 bits per heavy atom. The smallest absolute Gasteiger partial charge is 0.320 e. The van der Waals surface area contributed by atoms with Gasteiger partial charge in [0, 0.05) is 11.8 Å². The van der Waals surface area contributed by atoms with Gasteiger partial charge < -0.3 is 16.6 Å². The quantitative estimate of drug-likeness (QED) is 0.355. The van der Waals surface area contributed by atoms with Crippen LogP contribution < -0.4 is 11.5 Å². The van der Waals surface area contributed by atoms with Crippen molar-refractivity contribution >= 4 is 22.9 Å². The molecule has 0 aromatic carbocycles. The van der Waals surface area contributed by atoms with Crippen LogP contribution in [0.25, 0.3) is 0 Å². The molecule has 88 valence electrons. The fourth-order valence-corrected chi connectivity index (χ4v) is 1.55. The number of nitrogens with zero attached hydrogens (tertiary/aromatic N) is 1. The van der Waals surface area contributed by atoms with Crippen LogP contribution in [0.3, 0.4) is 0 Å². The molecule has 0 spiro atoms. The molecule has 0 aromatic rings. The van der Waals surface area contributed by atoms with Crippen molar-refractivity contribution < 1.29 is 9.90 Å². The molecule has 0 aromatic heterocycles. The minimum atomic E-state index is -0.969. The summed E-state index contributed by atoms with van der Waals surface area (Å²) in [6.45, 7) is 4.60. The SMILES string of the molecule is CC(C)SC(N)=NCCC[C@H](N)C(=O)O. The van der Waals surface area contributed by atoms with Gasteiger partial charge in [0.1, 0.15) is 6.04 Å². The second kappa shape index (κ2) is 7.53. The van der Waals surface area contributed by atoms with E-state index in [1.54, 1.807) is 0 Å². The van der Waals surface area contributed by atoms with Gasteiger partial charge in [0.2, 0.25) is 0 Å². The molecule has 0 amide bonds. The van der Waals surface area contributed by atoms with Crippen LogP contribution in [0.5, 0.6) is 0 Å². The van der Waals surface area contributed by atoms with Gasteiger partial charge in [-0.05, 0) is 12.8 Å². The van der Waals surface area contributed by atoms with Crippen LogP contribution in [0.15, 0.2) is 4.99 Å². The first-order valence-electron chi connectivity index (χ1n) is 4.88. The molecular weight excluding hydrogens is 214 g/mol. The van der Waals surface area contributed by atoms with E-state index in [9.17, 15) is 4.79 Å². The minimum Gasteiger partial charge on any atom is -0.480 e. The van der Waals surface area contributed by atoms with E-state index >= 15 is 0 Å². The summed E-state index contributed by atoms with van der Waals surface area (Å²) in [7, 11) is 0.